The Kier molecular flexibility index (Phi) is 3.86. The molecule has 0 atom stereocenters. The Bertz CT molecular complexity index is 857. The summed E-state index contributed by atoms with van der Waals surface area (Å²) in [5.41, 5.74) is 5.61. The lowest BCUT2D eigenvalue weighted by atomic mass is 10.0. The molecule has 5 nitrogen and oxygen atoms in total. The van der Waals surface area contributed by atoms with Crippen LogP contribution in [0.5, 0.6) is 0 Å². The summed E-state index contributed by atoms with van der Waals surface area (Å²) in [7, 11) is 0. The summed E-state index contributed by atoms with van der Waals surface area (Å²) in [5, 5.41) is 4.28. The molecule has 0 saturated carbocycles. The number of nitrogens with zero attached hydrogens (tertiary/aromatic N) is 4. The van der Waals surface area contributed by atoms with Gasteiger partial charge in [0.25, 0.3) is 0 Å². The van der Waals surface area contributed by atoms with Crippen molar-refractivity contribution in [2.45, 2.75) is 33.4 Å². The minimum atomic E-state index is 0.826. The van der Waals surface area contributed by atoms with Crippen LogP contribution in [-0.2, 0) is 19.5 Å². The van der Waals surface area contributed by atoms with E-state index in [1.165, 1.54) is 11.3 Å². The third-order valence-electron chi connectivity index (χ3n) is 4.55. The zero-order valence-electron chi connectivity index (χ0n) is 14.0. The molecule has 5 heteroatoms. The first-order valence-corrected chi connectivity index (χ1v) is 8.25. The number of hydrogen-bond acceptors (Lipinski definition) is 5. The molecule has 0 N–H and O–H groups in total. The van der Waals surface area contributed by atoms with Gasteiger partial charge in [0, 0.05) is 54.6 Å². The average Bonchev–Trinajstić information content (AvgIpc) is 2.96. The SMILES string of the molecule is Cc1ncc2c(n1)CCN(Cc1c(-c3ccccc3)noc1C)C2. The molecule has 0 radical (unpaired) electrons. The molecular formula is C19H20N4O. The van der Waals surface area contributed by atoms with Gasteiger partial charge in [-0.15, -0.1) is 0 Å². The maximum atomic E-state index is 5.48. The number of aromatic nitrogens is 3. The standard InChI is InChI=1S/C19H20N4O/c1-13-17(19(22-24-13)15-6-4-3-5-7-15)12-23-9-8-18-16(11-23)10-20-14(2)21-18/h3-7,10H,8-9,11-12H2,1-2H3. The zero-order valence-corrected chi connectivity index (χ0v) is 14.0. The molecule has 0 unspecified atom stereocenters. The minimum absolute atomic E-state index is 0.826. The number of fused-ring (bicyclic) bond motifs is 1. The van der Waals surface area contributed by atoms with Gasteiger partial charge in [-0.05, 0) is 13.8 Å². The second-order valence-corrected chi connectivity index (χ2v) is 6.28. The summed E-state index contributed by atoms with van der Waals surface area (Å²) in [6.07, 6.45) is 2.92. The molecule has 1 aliphatic heterocycles. The number of benzene rings is 1. The first-order valence-electron chi connectivity index (χ1n) is 8.25. The van der Waals surface area contributed by atoms with Crippen LogP contribution in [0.3, 0.4) is 0 Å². The maximum Gasteiger partial charge on any atom is 0.138 e. The lowest BCUT2D eigenvalue weighted by Gasteiger charge is -2.27. The quantitative estimate of drug-likeness (QED) is 0.741. The summed E-state index contributed by atoms with van der Waals surface area (Å²) in [6.45, 7) is 6.61. The van der Waals surface area contributed by atoms with E-state index >= 15 is 0 Å². The lowest BCUT2D eigenvalue weighted by molar-refractivity contribution is 0.241. The summed E-state index contributed by atoms with van der Waals surface area (Å²) in [6, 6.07) is 10.2. The van der Waals surface area contributed by atoms with Crippen molar-refractivity contribution in [3.8, 4) is 11.3 Å². The Hall–Kier alpha value is -2.53. The minimum Gasteiger partial charge on any atom is -0.361 e. The highest BCUT2D eigenvalue weighted by molar-refractivity contribution is 5.63. The molecular weight excluding hydrogens is 300 g/mol. The summed E-state index contributed by atoms with van der Waals surface area (Å²) in [4.78, 5) is 11.3. The predicted molar refractivity (Wildman–Crippen MR) is 91.3 cm³/mol. The van der Waals surface area contributed by atoms with E-state index in [-0.39, 0.29) is 0 Å². The highest BCUT2D eigenvalue weighted by atomic mass is 16.5. The third-order valence-corrected chi connectivity index (χ3v) is 4.55. The molecule has 0 bridgehead atoms. The fourth-order valence-electron chi connectivity index (χ4n) is 3.23. The lowest BCUT2D eigenvalue weighted by Crippen LogP contribution is -2.31. The Morgan fingerprint density at radius 2 is 2.00 bits per heavy atom. The van der Waals surface area contributed by atoms with Gasteiger partial charge >= 0.3 is 0 Å². The summed E-state index contributed by atoms with van der Waals surface area (Å²) < 4.78 is 5.48. The Labute approximate surface area is 141 Å². The normalized spacial score (nSPS) is 14.6. The third kappa shape index (κ3) is 2.83. The molecule has 1 aromatic carbocycles. The van der Waals surface area contributed by atoms with E-state index in [0.717, 1.165) is 54.5 Å². The average molecular weight is 320 g/mol. The number of rotatable bonds is 3. The van der Waals surface area contributed by atoms with Crippen molar-refractivity contribution >= 4 is 0 Å². The van der Waals surface area contributed by atoms with Crippen LogP contribution >= 0.6 is 0 Å². The smallest absolute Gasteiger partial charge is 0.138 e. The van der Waals surface area contributed by atoms with Crippen LogP contribution < -0.4 is 0 Å². The van der Waals surface area contributed by atoms with Gasteiger partial charge < -0.3 is 4.52 Å². The van der Waals surface area contributed by atoms with Crippen LogP contribution in [-0.4, -0.2) is 26.6 Å². The van der Waals surface area contributed by atoms with Crippen LogP contribution in [0.15, 0.2) is 41.1 Å². The molecule has 3 aromatic rings. The van der Waals surface area contributed by atoms with Crippen molar-refractivity contribution in [2.24, 2.45) is 0 Å². The largest absolute Gasteiger partial charge is 0.361 e. The van der Waals surface area contributed by atoms with Gasteiger partial charge in [0.2, 0.25) is 0 Å². The van der Waals surface area contributed by atoms with Gasteiger partial charge in [-0.25, -0.2) is 9.97 Å². The molecule has 3 heterocycles. The van der Waals surface area contributed by atoms with Gasteiger partial charge in [-0.2, -0.15) is 0 Å². The molecule has 0 amide bonds. The summed E-state index contributed by atoms with van der Waals surface area (Å²) >= 11 is 0. The first-order chi connectivity index (χ1) is 11.7. The molecule has 1 aliphatic rings. The van der Waals surface area contributed by atoms with E-state index in [1.54, 1.807) is 0 Å². The van der Waals surface area contributed by atoms with Crippen LogP contribution in [0.25, 0.3) is 11.3 Å². The first kappa shape index (κ1) is 15.0. The fourth-order valence-corrected chi connectivity index (χ4v) is 3.23. The van der Waals surface area contributed by atoms with Gasteiger partial charge in [-0.3, -0.25) is 4.90 Å². The second-order valence-electron chi connectivity index (χ2n) is 6.28. The van der Waals surface area contributed by atoms with Crippen molar-refractivity contribution < 1.29 is 4.52 Å². The van der Waals surface area contributed by atoms with Gasteiger partial charge in [0.15, 0.2) is 0 Å². The second kappa shape index (κ2) is 6.17. The van der Waals surface area contributed by atoms with Crippen molar-refractivity contribution in [3.63, 3.8) is 0 Å². The molecule has 0 fully saturated rings. The van der Waals surface area contributed by atoms with E-state index in [0.29, 0.717) is 0 Å². The molecule has 4 rings (SSSR count). The van der Waals surface area contributed by atoms with Crippen molar-refractivity contribution in [3.05, 3.63) is 64.9 Å². The van der Waals surface area contributed by atoms with E-state index in [1.807, 2.05) is 38.2 Å². The van der Waals surface area contributed by atoms with E-state index in [4.69, 9.17) is 4.52 Å². The van der Waals surface area contributed by atoms with Crippen molar-refractivity contribution in [1.29, 1.82) is 0 Å². The van der Waals surface area contributed by atoms with E-state index in [9.17, 15) is 0 Å². The number of aryl methyl sites for hydroxylation is 2. The van der Waals surface area contributed by atoms with Crippen LogP contribution in [0.4, 0.5) is 0 Å². The Morgan fingerprint density at radius 1 is 1.17 bits per heavy atom. The van der Waals surface area contributed by atoms with E-state index in [2.05, 4.69) is 32.2 Å². The molecule has 122 valence electrons. The molecule has 0 aliphatic carbocycles. The highest BCUT2D eigenvalue weighted by Crippen LogP contribution is 2.28. The maximum absolute atomic E-state index is 5.48. The monoisotopic (exact) mass is 320 g/mol. The van der Waals surface area contributed by atoms with Crippen molar-refractivity contribution in [1.82, 2.24) is 20.0 Å². The Morgan fingerprint density at radius 3 is 2.83 bits per heavy atom. The molecule has 24 heavy (non-hydrogen) atoms. The molecule has 0 saturated heterocycles. The van der Waals surface area contributed by atoms with Crippen molar-refractivity contribution in [2.75, 3.05) is 6.54 Å². The molecule has 2 aromatic heterocycles. The van der Waals surface area contributed by atoms with E-state index < -0.39 is 0 Å². The number of hydrogen-bond donors (Lipinski definition) is 0. The van der Waals surface area contributed by atoms with Crippen LogP contribution in [0, 0.1) is 13.8 Å². The molecule has 0 spiro atoms. The fraction of sp³-hybridized carbons (Fsp3) is 0.316. The van der Waals surface area contributed by atoms with Gasteiger partial charge in [0.05, 0.1) is 0 Å². The van der Waals surface area contributed by atoms with Gasteiger partial charge in [-0.1, -0.05) is 35.5 Å². The topological polar surface area (TPSA) is 55.1 Å². The van der Waals surface area contributed by atoms with Crippen LogP contribution in [0.2, 0.25) is 0 Å². The Balaban J connectivity index is 1.59. The zero-order chi connectivity index (χ0) is 16.5. The van der Waals surface area contributed by atoms with Crippen LogP contribution in [0.1, 0.15) is 28.4 Å². The predicted octanol–water partition coefficient (Wildman–Crippen LogP) is 3.31. The highest BCUT2D eigenvalue weighted by Gasteiger charge is 2.22. The summed E-state index contributed by atoms with van der Waals surface area (Å²) in [5.74, 6) is 1.74. The van der Waals surface area contributed by atoms with Gasteiger partial charge in [0.1, 0.15) is 17.3 Å².